The zero-order chi connectivity index (χ0) is 13.8. The number of fused-ring (bicyclic) bond motifs is 1. The molecule has 2 N–H and O–H groups in total. The molecule has 2 heterocycles. The summed E-state index contributed by atoms with van der Waals surface area (Å²) in [6.07, 6.45) is 4.08. The van der Waals surface area contributed by atoms with Crippen molar-refractivity contribution in [1.82, 2.24) is 10.3 Å². The maximum absolute atomic E-state index is 11.7. The van der Waals surface area contributed by atoms with Crippen LogP contribution in [0.5, 0.6) is 5.75 Å². The fourth-order valence-corrected chi connectivity index (χ4v) is 2.18. The Morgan fingerprint density at radius 2 is 2.05 bits per heavy atom. The molecule has 2 amide bonds. The van der Waals surface area contributed by atoms with Gasteiger partial charge >= 0.3 is 6.03 Å². The maximum Gasteiger partial charge on any atom is 0.319 e. The number of urea groups is 1. The van der Waals surface area contributed by atoms with Crippen LogP contribution in [-0.2, 0) is 6.42 Å². The number of hydrogen-bond acceptors (Lipinski definition) is 3. The SMILES string of the molecule is O=C(NC[C@@H]1Cc2ccccc2O1)Nc1ccncc1. The summed E-state index contributed by atoms with van der Waals surface area (Å²) in [4.78, 5) is 15.6. The van der Waals surface area contributed by atoms with Gasteiger partial charge in [0.25, 0.3) is 0 Å². The van der Waals surface area contributed by atoms with Crippen LogP contribution in [0.15, 0.2) is 48.8 Å². The van der Waals surface area contributed by atoms with Crippen LogP contribution in [0.3, 0.4) is 0 Å². The molecular weight excluding hydrogens is 254 g/mol. The average Bonchev–Trinajstić information content (AvgIpc) is 2.89. The lowest BCUT2D eigenvalue weighted by atomic mass is 10.1. The maximum atomic E-state index is 11.7. The van der Waals surface area contributed by atoms with Crippen molar-refractivity contribution in [3.63, 3.8) is 0 Å². The predicted octanol–water partition coefficient (Wildman–Crippen LogP) is 2.21. The van der Waals surface area contributed by atoms with Gasteiger partial charge in [-0.15, -0.1) is 0 Å². The number of carbonyl (C=O) groups excluding carboxylic acids is 1. The average molecular weight is 269 g/mol. The van der Waals surface area contributed by atoms with Gasteiger partial charge in [-0.25, -0.2) is 4.79 Å². The molecule has 0 fully saturated rings. The lowest BCUT2D eigenvalue weighted by Gasteiger charge is -2.12. The number of nitrogens with zero attached hydrogens (tertiary/aromatic N) is 1. The van der Waals surface area contributed by atoms with Crippen LogP contribution in [0.2, 0.25) is 0 Å². The van der Waals surface area contributed by atoms with Gasteiger partial charge in [0.15, 0.2) is 0 Å². The molecule has 0 unspecified atom stereocenters. The first-order valence-electron chi connectivity index (χ1n) is 6.51. The first-order valence-corrected chi connectivity index (χ1v) is 6.51. The van der Waals surface area contributed by atoms with Crippen molar-refractivity contribution in [2.75, 3.05) is 11.9 Å². The van der Waals surface area contributed by atoms with Gasteiger partial charge < -0.3 is 15.4 Å². The van der Waals surface area contributed by atoms with Crippen molar-refractivity contribution in [3.05, 3.63) is 54.4 Å². The molecule has 5 heteroatoms. The molecule has 0 bridgehead atoms. The lowest BCUT2D eigenvalue weighted by molar-refractivity contribution is 0.219. The Morgan fingerprint density at radius 3 is 2.85 bits per heavy atom. The predicted molar refractivity (Wildman–Crippen MR) is 75.8 cm³/mol. The molecule has 0 saturated carbocycles. The highest BCUT2D eigenvalue weighted by Gasteiger charge is 2.22. The molecule has 102 valence electrons. The Bertz CT molecular complexity index is 576. The third-order valence-electron chi connectivity index (χ3n) is 3.14. The number of carbonyl (C=O) groups is 1. The van der Waals surface area contributed by atoms with E-state index in [2.05, 4.69) is 15.6 Å². The molecule has 20 heavy (non-hydrogen) atoms. The van der Waals surface area contributed by atoms with E-state index >= 15 is 0 Å². The highest BCUT2D eigenvalue weighted by molar-refractivity contribution is 5.89. The minimum absolute atomic E-state index is 0.00408. The third-order valence-corrected chi connectivity index (χ3v) is 3.14. The molecule has 0 spiro atoms. The van der Waals surface area contributed by atoms with Crippen molar-refractivity contribution in [2.45, 2.75) is 12.5 Å². The van der Waals surface area contributed by atoms with Gasteiger partial charge in [0, 0.05) is 24.5 Å². The number of anilines is 1. The number of benzene rings is 1. The van der Waals surface area contributed by atoms with Gasteiger partial charge in [0.05, 0.1) is 6.54 Å². The number of rotatable bonds is 3. The number of aromatic nitrogens is 1. The van der Waals surface area contributed by atoms with E-state index in [1.807, 2.05) is 24.3 Å². The molecule has 1 aliphatic rings. The van der Waals surface area contributed by atoms with Crippen LogP contribution in [0.1, 0.15) is 5.56 Å². The van der Waals surface area contributed by atoms with Crippen molar-refractivity contribution >= 4 is 11.7 Å². The Labute approximate surface area is 117 Å². The summed E-state index contributed by atoms with van der Waals surface area (Å²) in [7, 11) is 0. The normalized spacial score (nSPS) is 16.1. The molecule has 0 aliphatic carbocycles. The van der Waals surface area contributed by atoms with Crippen molar-refractivity contribution in [2.24, 2.45) is 0 Å². The van der Waals surface area contributed by atoms with Crippen LogP contribution >= 0.6 is 0 Å². The Kier molecular flexibility index (Phi) is 3.50. The van der Waals surface area contributed by atoms with Crippen LogP contribution in [0.4, 0.5) is 10.5 Å². The van der Waals surface area contributed by atoms with Crippen LogP contribution < -0.4 is 15.4 Å². The molecule has 1 aromatic heterocycles. The second-order valence-corrected chi connectivity index (χ2v) is 4.62. The molecule has 5 nitrogen and oxygen atoms in total. The molecule has 2 aromatic rings. The number of para-hydroxylation sites is 1. The summed E-state index contributed by atoms with van der Waals surface area (Å²) < 4.78 is 5.76. The largest absolute Gasteiger partial charge is 0.488 e. The Hall–Kier alpha value is -2.56. The summed E-state index contributed by atoms with van der Waals surface area (Å²) in [5.74, 6) is 0.911. The van der Waals surface area contributed by atoms with Gasteiger partial charge in [0.1, 0.15) is 11.9 Å². The van der Waals surface area contributed by atoms with Crippen molar-refractivity contribution < 1.29 is 9.53 Å². The van der Waals surface area contributed by atoms with E-state index in [1.165, 1.54) is 5.56 Å². The Morgan fingerprint density at radius 1 is 1.25 bits per heavy atom. The van der Waals surface area contributed by atoms with Crippen LogP contribution in [-0.4, -0.2) is 23.7 Å². The molecular formula is C15H15N3O2. The minimum atomic E-state index is -0.240. The van der Waals surface area contributed by atoms with Crippen molar-refractivity contribution in [1.29, 1.82) is 0 Å². The molecule has 1 atom stereocenters. The van der Waals surface area contributed by atoms with E-state index in [4.69, 9.17) is 4.74 Å². The quantitative estimate of drug-likeness (QED) is 0.898. The monoisotopic (exact) mass is 269 g/mol. The number of hydrogen-bond donors (Lipinski definition) is 2. The van der Waals surface area contributed by atoms with Crippen LogP contribution in [0.25, 0.3) is 0 Å². The van der Waals surface area contributed by atoms with E-state index in [0.717, 1.165) is 12.2 Å². The molecule has 0 saturated heterocycles. The molecule has 0 radical (unpaired) electrons. The molecule has 1 aromatic carbocycles. The van der Waals surface area contributed by atoms with Crippen molar-refractivity contribution in [3.8, 4) is 5.75 Å². The van der Waals surface area contributed by atoms with E-state index in [9.17, 15) is 4.79 Å². The van der Waals surface area contributed by atoms with E-state index in [0.29, 0.717) is 12.2 Å². The van der Waals surface area contributed by atoms with E-state index in [-0.39, 0.29) is 12.1 Å². The summed E-state index contributed by atoms with van der Waals surface area (Å²) >= 11 is 0. The van der Waals surface area contributed by atoms with E-state index < -0.39 is 0 Å². The topological polar surface area (TPSA) is 63.2 Å². The number of ether oxygens (including phenoxy) is 1. The number of nitrogens with one attached hydrogen (secondary N) is 2. The number of pyridine rings is 1. The highest BCUT2D eigenvalue weighted by atomic mass is 16.5. The fourth-order valence-electron chi connectivity index (χ4n) is 2.18. The van der Waals surface area contributed by atoms with Gasteiger partial charge in [-0.1, -0.05) is 18.2 Å². The summed E-state index contributed by atoms with van der Waals surface area (Å²) in [5.41, 5.74) is 1.90. The highest BCUT2D eigenvalue weighted by Crippen LogP contribution is 2.27. The number of amides is 2. The second kappa shape index (κ2) is 5.61. The van der Waals surface area contributed by atoms with Gasteiger partial charge in [-0.05, 0) is 23.8 Å². The summed E-state index contributed by atoms with van der Waals surface area (Å²) in [5, 5.41) is 5.55. The smallest absolute Gasteiger partial charge is 0.319 e. The zero-order valence-corrected chi connectivity index (χ0v) is 10.9. The van der Waals surface area contributed by atoms with Crippen LogP contribution in [0, 0.1) is 0 Å². The Balaban J connectivity index is 1.48. The zero-order valence-electron chi connectivity index (χ0n) is 10.9. The summed E-state index contributed by atoms with van der Waals surface area (Å²) in [6, 6.07) is 11.2. The summed E-state index contributed by atoms with van der Waals surface area (Å²) in [6.45, 7) is 0.478. The minimum Gasteiger partial charge on any atom is -0.488 e. The standard InChI is InChI=1S/C15H15N3O2/c19-15(18-12-5-7-16-8-6-12)17-10-13-9-11-3-1-2-4-14(11)20-13/h1-8,13H,9-10H2,(H2,16,17,18,19)/t13-/m0/s1. The fraction of sp³-hybridized carbons (Fsp3) is 0.200. The van der Waals surface area contributed by atoms with Gasteiger partial charge in [-0.3, -0.25) is 4.98 Å². The second-order valence-electron chi connectivity index (χ2n) is 4.62. The molecule has 3 rings (SSSR count). The first kappa shape index (κ1) is 12.5. The molecule has 1 aliphatic heterocycles. The van der Waals surface area contributed by atoms with Gasteiger partial charge in [-0.2, -0.15) is 0 Å². The lowest BCUT2D eigenvalue weighted by Crippen LogP contribution is -2.37. The first-order chi connectivity index (χ1) is 9.81. The van der Waals surface area contributed by atoms with E-state index in [1.54, 1.807) is 24.5 Å². The third kappa shape index (κ3) is 2.88. The van der Waals surface area contributed by atoms with Gasteiger partial charge in [0.2, 0.25) is 0 Å².